The molecule has 1 amide bonds. The molecule has 3 aromatic rings. The monoisotopic (exact) mass is 476 g/mol. The van der Waals surface area contributed by atoms with Crippen LogP contribution in [-0.2, 0) is 22.1 Å². The molecule has 0 radical (unpaired) electrons. The van der Waals surface area contributed by atoms with E-state index in [0.717, 1.165) is 12.1 Å². The number of halogens is 3. The van der Waals surface area contributed by atoms with E-state index in [-0.39, 0.29) is 28.0 Å². The van der Waals surface area contributed by atoms with Crippen LogP contribution < -0.4 is 15.5 Å². The molecule has 1 unspecified atom stereocenters. The van der Waals surface area contributed by atoms with Gasteiger partial charge in [0.2, 0.25) is 5.91 Å². The lowest BCUT2D eigenvalue weighted by Gasteiger charge is -2.18. The van der Waals surface area contributed by atoms with Crippen molar-refractivity contribution in [1.82, 2.24) is 4.98 Å². The topological polar surface area (TPSA) is 94.6 Å². The van der Waals surface area contributed by atoms with Gasteiger partial charge in [-0.3, -0.25) is 4.79 Å². The maximum atomic E-state index is 13.6. The van der Waals surface area contributed by atoms with E-state index in [0.29, 0.717) is 24.8 Å². The highest BCUT2D eigenvalue weighted by molar-refractivity contribution is 7.79. The number of carbonyl (C=O) groups is 1. The minimum Gasteiger partial charge on any atom is -0.354 e. The lowest BCUT2D eigenvalue weighted by atomic mass is 10.2. The van der Waals surface area contributed by atoms with Gasteiger partial charge in [0.1, 0.15) is 5.82 Å². The molecule has 7 nitrogen and oxygen atoms in total. The van der Waals surface area contributed by atoms with Gasteiger partial charge in [0, 0.05) is 36.6 Å². The van der Waals surface area contributed by atoms with E-state index >= 15 is 0 Å². The molecule has 1 aliphatic rings. The summed E-state index contributed by atoms with van der Waals surface area (Å²) in [5, 5.41) is 5.55. The predicted octanol–water partition coefficient (Wildman–Crippen LogP) is 5.30. The minimum atomic E-state index is -4.69. The molecule has 11 heteroatoms. The number of amides is 1. The molecule has 0 bridgehead atoms. The van der Waals surface area contributed by atoms with Crippen molar-refractivity contribution in [2.45, 2.75) is 23.9 Å². The van der Waals surface area contributed by atoms with E-state index in [1.807, 2.05) is 0 Å². The van der Waals surface area contributed by atoms with Gasteiger partial charge in [-0.25, -0.2) is 9.19 Å². The number of pyridine rings is 1. The summed E-state index contributed by atoms with van der Waals surface area (Å²) in [4.78, 5) is 17.4. The third-order valence-corrected chi connectivity index (χ3v) is 5.81. The van der Waals surface area contributed by atoms with Crippen molar-refractivity contribution >= 4 is 45.6 Å². The summed E-state index contributed by atoms with van der Waals surface area (Å²) in [5.74, 6) is 0.193. The zero-order chi connectivity index (χ0) is 23.6. The molecule has 172 valence electrons. The van der Waals surface area contributed by atoms with Crippen LogP contribution in [0.3, 0.4) is 0 Å². The first-order chi connectivity index (χ1) is 15.7. The van der Waals surface area contributed by atoms with Crippen LogP contribution in [0.4, 0.5) is 41.7 Å². The number of nitrogens with zero attached hydrogens (tertiary/aromatic N) is 2. The first-order valence-corrected chi connectivity index (χ1v) is 11.0. The van der Waals surface area contributed by atoms with E-state index in [2.05, 4.69) is 15.6 Å². The Morgan fingerprint density at radius 1 is 1.03 bits per heavy atom. The maximum Gasteiger partial charge on any atom is 0.419 e. The van der Waals surface area contributed by atoms with Gasteiger partial charge < -0.3 is 20.1 Å². The Morgan fingerprint density at radius 3 is 2.39 bits per heavy atom. The molecule has 0 saturated carbocycles. The van der Waals surface area contributed by atoms with E-state index in [1.54, 1.807) is 35.2 Å². The van der Waals surface area contributed by atoms with Crippen LogP contribution in [0.1, 0.15) is 18.4 Å². The maximum absolute atomic E-state index is 13.6. The summed E-state index contributed by atoms with van der Waals surface area (Å²) in [6.45, 7) is 0.654. The van der Waals surface area contributed by atoms with Crippen LogP contribution in [0, 0.1) is 0 Å². The van der Waals surface area contributed by atoms with E-state index < -0.39 is 22.8 Å². The smallest absolute Gasteiger partial charge is 0.354 e. The fourth-order valence-electron chi connectivity index (χ4n) is 3.51. The molecule has 0 spiro atoms. The van der Waals surface area contributed by atoms with Gasteiger partial charge in [-0.2, -0.15) is 13.2 Å². The van der Waals surface area contributed by atoms with Crippen molar-refractivity contribution < 1.29 is 26.7 Å². The third kappa shape index (κ3) is 5.15. The zero-order valence-electron chi connectivity index (χ0n) is 17.1. The molecule has 1 atom stereocenters. The molecule has 1 fully saturated rings. The van der Waals surface area contributed by atoms with Crippen molar-refractivity contribution in [1.29, 1.82) is 0 Å². The molecule has 33 heavy (non-hydrogen) atoms. The van der Waals surface area contributed by atoms with Crippen molar-refractivity contribution in [3.8, 4) is 0 Å². The molecular weight excluding hydrogens is 457 g/mol. The van der Waals surface area contributed by atoms with E-state index in [9.17, 15) is 26.7 Å². The third-order valence-electron chi connectivity index (χ3n) is 5.08. The summed E-state index contributed by atoms with van der Waals surface area (Å²) in [6, 6.07) is 13.9. The van der Waals surface area contributed by atoms with Crippen molar-refractivity contribution in [3.05, 3.63) is 66.4 Å². The van der Waals surface area contributed by atoms with Gasteiger partial charge in [-0.1, -0.05) is 12.1 Å². The Morgan fingerprint density at radius 2 is 1.76 bits per heavy atom. The normalized spacial score (nSPS) is 14.9. The number of aromatic nitrogens is 1. The number of hydrogen-bond acceptors (Lipinski definition) is 5. The standard InChI is InChI=1S/C22H19F3N4O3S/c23-22(24,25)16-13-26-20(12-18(16)28-17-4-1-2-5-19(17)33(31)32)27-14-7-9-15(10-8-14)29-11-3-6-21(29)30/h1-2,4-5,7-10,12-13H,3,6,11H2,(H,31,32)(H2,26,27,28). The first kappa shape index (κ1) is 22.7. The summed E-state index contributed by atoms with van der Waals surface area (Å²) in [6.07, 6.45) is -2.68. The zero-order valence-corrected chi connectivity index (χ0v) is 17.9. The molecule has 2 heterocycles. The van der Waals surface area contributed by atoms with E-state index in [1.165, 1.54) is 24.3 Å². The quantitative estimate of drug-likeness (QED) is 0.418. The number of hydrogen-bond donors (Lipinski definition) is 3. The van der Waals surface area contributed by atoms with Gasteiger partial charge in [-0.05, 0) is 42.8 Å². The number of alkyl halides is 3. The molecule has 1 aliphatic heterocycles. The highest BCUT2D eigenvalue weighted by Crippen LogP contribution is 2.38. The van der Waals surface area contributed by atoms with Gasteiger partial charge in [0.15, 0.2) is 11.1 Å². The molecule has 4 rings (SSSR count). The summed E-state index contributed by atoms with van der Waals surface area (Å²) in [5.41, 5.74) is 0.0483. The lowest BCUT2D eigenvalue weighted by molar-refractivity contribution is -0.137. The second-order valence-electron chi connectivity index (χ2n) is 7.30. The van der Waals surface area contributed by atoms with Gasteiger partial charge in [-0.15, -0.1) is 0 Å². The minimum absolute atomic E-state index is 0.0519. The number of nitrogens with one attached hydrogen (secondary N) is 2. The summed E-state index contributed by atoms with van der Waals surface area (Å²) in [7, 11) is 0. The number of carbonyl (C=O) groups excluding carboxylic acids is 1. The van der Waals surface area contributed by atoms with Crippen LogP contribution in [0.25, 0.3) is 0 Å². The largest absolute Gasteiger partial charge is 0.419 e. The number of rotatable bonds is 6. The first-order valence-electron chi connectivity index (χ1n) is 9.94. The van der Waals surface area contributed by atoms with Crippen molar-refractivity contribution in [3.63, 3.8) is 0 Å². The van der Waals surface area contributed by atoms with E-state index in [4.69, 9.17) is 0 Å². The Labute approximate surface area is 189 Å². The number of anilines is 5. The molecule has 1 aromatic heterocycles. The molecule has 2 aromatic carbocycles. The Bertz CT molecular complexity index is 1200. The highest BCUT2D eigenvalue weighted by Gasteiger charge is 2.34. The van der Waals surface area contributed by atoms with Crippen LogP contribution >= 0.6 is 0 Å². The van der Waals surface area contributed by atoms with Crippen LogP contribution in [0.5, 0.6) is 0 Å². The second kappa shape index (κ2) is 9.20. The Kier molecular flexibility index (Phi) is 6.34. The Hall–Kier alpha value is -3.44. The predicted molar refractivity (Wildman–Crippen MR) is 119 cm³/mol. The van der Waals surface area contributed by atoms with Crippen molar-refractivity contribution in [2.75, 3.05) is 22.1 Å². The molecule has 0 aliphatic carbocycles. The van der Waals surface area contributed by atoms with Gasteiger partial charge >= 0.3 is 6.18 Å². The van der Waals surface area contributed by atoms with Gasteiger partial charge in [0.05, 0.1) is 21.8 Å². The highest BCUT2D eigenvalue weighted by atomic mass is 32.2. The van der Waals surface area contributed by atoms with Crippen LogP contribution in [0.15, 0.2) is 65.7 Å². The van der Waals surface area contributed by atoms with Crippen LogP contribution in [0.2, 0.25) is 0 Å². The average Bonchev–Trinajstić information content (AvgIpc) is 3.20. The fourth-order valence-corrected chi connectivity index (χ4v) is 4.02. The fraction of sp³-hybridized carbons (Fsp3) is 0.182. The number of para-hydroxylation sites is 1. The molecule has 3 N–H and O–H groups in total. The summed E-state index contributed by atoms with van der Waals surface area (Å²) >= 11 is -2.39. The number of benzene rings is 2. The SMILES string of the molecule is O=C1CCCN1c1ccc(Nc2cc(Nc3ccccc3S(=O)O)c(C(F)(F)F)cn2)cc1. The average molecular weight is 476 g/mol. The van der Waals surface area contributed by atoms with Crippen LogP contribution in [-0.4, -0.2) is 26.2 Å². The second-order valence-corrected chi connectivity index (χ2v) is 8.24. The molecule has 1 saturated heterocycles. The Balaban J connectivity index is 1.61. The lowest BCUT2D eigenvalue weighted by Crippen LogP contribution is -2.23. The van der Waals surface area contributed by atoms with Crippen molar-refractivity contribution in [2.24, 2.45) is 0 Å². The van der Waals surface area contributed by atoms with Gasteiger partial charge in [0.25, 0.3) is 0 Å². The molecular formula is C22H19F3N4O3S. The summed E-state index contributed by atoms with van der Waals surface area (Å²) < 4.78 is 61.6.